The Hall–Kier alpha value is -1.46. The Labute approximate surface area is 135 Å². The van der Waals surface area contributed by atoms with Crippen LogP contribution in [0.4, 0.5) is 0 Å². The molecule has 0 saturated carbocycles. The highest BCUT2D eigenvalue weighted by molar-refractivity contribution is 9.11. The third kappa shape index (κ3) is 3.24. The van der Waals surface area contributed by atoms with Gasteiger partial charge in [0.15, 0.2) is 12.4 Å². The van der Waals surface area contributed by atoms with Crippen molar-refractivity contribution in [2.24, 2.45) is 0 Å². The minimum Gasteiger partial charge on any atom is -0.485 e. The molecule has 1 aromatic carbocycles. The number of hydrogen-bond donors (Lipinski definition) is 0. The van der Waals surface area contributed by atoms with Crippen LogP contribution in [0.15, 0.2) is 34.1 Å². The van der Waals surface area contributed by atoms with E-state index in [2.05, 4.69) is 15.9 Å². The minimum absolute atomic E-state index is 0.0136. The van der Waals surface area contributed by atoms with Crippen LogP contribution in [-0.4, -0.2) is 18.2 Å². The molecule has 1 aliphatic carbocycles. The average Bonchev–Trinajstić information content (AvgIpc) is 2.91. The van der Waals surface area contributed by atoms with E-state index in [-0.39, 0.29) is 18.2 Å². The van der Waals surface area contributed by atoms with E-state index in [1.54, 1.807) is 18.2 Å². The van der Waals surface area contributed by atoms with E-state index < -0.39 is 0 Å². The summed E-state index contributed by atoms with van der Waals surface area (Å²) >= 11 is 4.73. The first kappa shape index (κ1) is 14.5. The van der Waals surface area contributed by atoms with Gasteiger partial charge in [0.25, 0.3) is 0 Å². The molecule has 3 rings (SSSR count). The Morgan fingerprint density at radius 2 is 2.10 bits per heavy atom. The highest BCUT2D eigenvalue weighted by Crippen LogP contribution is 2.26. The van der Waals surface area contributed by atoms with Crippen molar-refractivity contribution in [2.75, 3.05) is 6.61 Å². The van der Waals surface area contributed by atoms with Crippen LogP contribution in [0.25, 0.3) is 0 Å². The third-order valence-corrected chi connectivity index (χ3v) is 5.11. The standard InChI is InChI=1S/C16H13BrO3S/c17-16-7-6-15(21-16)14(19)9-20-11-4-5-12-10(8-11)2-1-3-13(12)18/h4-8H,1-3,9H2. The molecule has 0 fully saturated rings. The number of fused-ring (bicyclic) bond motifs is 1. The van der Waals surface area contributed by atoms with Crippen LogP contribution < -0.4 is 4.74 Å². The van der Waals surface area contributed by atoms with Gasteiger partial charge in [-0.25, -0.2) is 0 Å². The van der Waals surface area contributed by atoms with Gasteiger partial charge in [0, 0.05) is 12.0 Å². The molecule has 5 heteroatoms. The van der Waals surface area contributed by atoms with Crippen LogP contribution in [-0.2, 0) is 6.42 Å². The summed E-state index contributed by atoms with van der Waals surface area (Å²) in [5.74, 6) is 0.800. The second-order valence-electron chi connectivity index (χ2n) is 4.91. The van der Waals surface area contributed by atoms with Gasteiger partial charge in [-0.3, -0.25) is 9.59 Å². The van der Waals surface area contributed by atoms with Gasteiger partial charge in [-0.2, -0.15) is 0 Å². The first-order valence-electron chi connectivity index (χ1n) is 6.71. The fourth-order valence-electron chi connectivity index (χ4n) is 2.40. The van der Waals surface area contributed by atoms with Crippen LogP contribution in [0.1, 0.15) is 38.4 Å². The number of Topliss-reactive ketones (excluding diaryl/α,β-unsaturated/α-hetero) is 2. The number of carbonyl (C=O) groups is 2. The lowest BCUT2D eigenvalue weighted by atomic mass is 9.90. The summed E-state index contributed by atoms with van der Waals surface area (Å²) in [5, 5.41) is 0. The molecule has 0 radical (unpaired) electrons. The fourth-order valence-corrected chi connectivity index (χ4v) is 3.71. The van der Waals surface area contributed by atoms with Gasteiger partial charge in [0.2, 0.25) is 5.78 Å². The molecule has 0 atom stereocenters. The molecule has 2 aromatic rings. The van der Waals surface area contributed by atoms with Crippen molar-refractivity contribution in [2.45, 2.75) is 19.3 Å². The van der Waals surface area contributed by atoms with E-state index in [1.807, 2.05) is 12.1 Å². The van der Waals surface area contributed by atoms with E-state index in [0.717, 1.165) is 27.8 Å². The number of benzene rings is 1. The highest BCUT2D eigenvalue weighted by atomic mass is 79.9. The molecular weight excluding hydrogens is 352 g/mol. The highest BCUT2D eigenvalue weighted by Gasteiger charge is 2.17. The van der Waals surface area contributed by atoms with Gasteiger partial charge >= 0.3 is 0 Å². The van der Waals surface area contributed by atoms with Crippen LogP contribution >= 0.6 is 27.3 Å². The van der Waals surface area contributed by atoms with E-state index >= 15 is 0 Å². The van der Waals surface area contributed by atoms with E-state index in [4.69, 9.17) is 4.74 Å². The van der Waals surface area contributed by atoms with Crippen LogP contribution in [0.2, 0.25) is 0 Å². The van der Waals surface area contributed by atoms with Gasteiger partial charge in [0.1, 0.15) is 5.75 Å². The molecule has 0 aliphatic heterocycles. The van der Waals surface area contributed by atoms with E-state index in [1.165, 1.54) is 11.3 Å². The maximum absolute atomic E-state index is 12.0. The van der Waals surface area contributed by atoms with Gasteiger partial charge < -0.3 is 4.74 Å². The number of ketones is 2. The van der Waals surface area contributed by atoms with Crippen molar-refractivity contribution >= 4 is 38.8 Å². The van der Waals surface area contributed by atoms with Gasteiger partial charge in [-0.15, -0.1) is 11.3 Å². The summed E-state index contributed by atoms with van der Waals surface area (Å²) < 4.78 is 6.49. The number of carbonyl (C=O) groups excluding carboxylic acids is 2. The molecule has 0 saturated heterocycles. The lowest BCUT2D eigenvalue weighted by molar-refractivity contribution is 0.0923. The second-order valence-corrected chi connectivity index (χ2v) is 7.37. The van der Waals surface area contributed by atoms with Crippen molar-refractivity contribution in [3.8, 4) is 5.75 Å². The zero-order valence-corrected chi connectivity index (χ0v) is 13.6. The SMILES string of the molecule is O=C(COc1ccc2c(c1)CCCC2=O)c1ccc(Br)s1. The predicted molar refractivity (Wildman–Crippen MR) is 85.6 cm³/mol. The summed E-state index contributed by atoms with van der Waals surface area (Å²) in [6, 6.07) is 9.08. The molecule has 3 nitrogen and oxygen atoms in total. The molecule has 1 aliphatic rings. The number of hydrogen-bond acceptors (Lipinski definition) is 4. The quantitative estimate of drug-likeness (QED) is 0.760. The molecule has 0 unspecified atom stereocenters. The molecule has 1 aromatic heterocycles. The van der Waals surface area contributed by atoms with Gasteiger partial charge in [-0.05, 0) is 64.7 Å². The number of aryl methyl sites for hydroxylation is 1. The number of rotatable bonds is 4. The number of thiophene rings is 1. The molecule has 0 amide bonds. The Bertz CT molecular complexity index is 705. The molecule has 0 bridgehead atoms. The molecule has 108 valence electrons. The summed E-state index contributed by atoms with van der Waals surface area (Å²) in [5.41, 5.74) is 1.82. The zero-order valence-electron chi connectivity index (χ0n) is 11.2. The van der Waals surface area contributed by atoms with E-state index in [9.17, 15) is 9.59 Å². The average molecular weight is 365 g/mol. The molecule has 1 heterocycles. The smallest absolute Gasteiger partial charge is 0.210 e. The van der Waals surface area contributed by atoms with Crippen molar-refractivity contribution in [1.82, 2.24) is 0 Å². The van der Waals surface area contributed by atoms with Gasteiger partial charge in [0.05, 0.1) is 8.66 Å². The molecule has 0 spiro atoms. The van der Waals surface area contributed by atoms with Crippen molar-refractivity contribution in [3.63, 3.8) is 0 Å². The number of ether oxygens (including phenoxy) is 1. The summed E-state index contributed by atoms with van der Waals surface area (Å²) in [7, 11) is 0. The summed E-state index contributed by atoms with van der Waals surface area (Å²) in [4.78, 5) is 24.4. The zero-order chi connectivity index (χ0) is 14.8. The Kier molecular flexibility index (Phi) is 4.22. The fraction of sp³-hybridized carbons (Fsp3) is 0.250. The Balaban J connectivity index is 1.68. The lowest BCUT2D eigenvalue weighted by Gasteiger charge is -2.15. The Morgan fingerprint density at radius 1 is 1.24 bits per heavy atom. The Morgan fingerprint density at radius 3 is 2.86 bits per heavy atom. The predicted octanol–water partition coefficient (Wildman–Crippen LogP) is 4.29. The second kappa shape index (κ2) is 6.12. The van der Waals surface area contributed by atoms with E-state index in [0.29, 0.717) is 17.0 Å². The first-order chi connectivity index (χ1) is 10.1. The molecule has 0 N–H and O–H groups in total. The normalized spacial score (nSPS) is 13.9. The van der Waals surface area contributed by atoms with Crippen LogP contribution in [0.5, 0.6) is 5.75 Å². The molecular formula is C16H13BrO3S. The van der Waals surface area contributed by atoms with Crippen LogP contribution in [0.3, 0.4) is 0 Å². The lowest BCUT2D eigenvalue weighted by Crippen LogP contribution is -2.13. The largest absolute Gasteiger partial charge is 0.485 e. The maximum atomic E-state index is 12.0. The third-order valence-electron chi connectivity index (χ3n) is 3.45. The van der Waals surface area contributed by atoms with Crippen molar-refractivity contribution < 1.29 is 14.3 Å². The van der Waals surface area contributed by atoms with Gasteiger partial charge in [-0.1, -0.05) is 0 Å². The molecule has 21 heavy (non-hydrogen) atoms. The minimum atomic E-state index is -0.0421. The van der Waals surface area contributed by atoms with Crippen molar-refractivity contribution in [1.29, 1.82) is 0 Å². The van der Waals surface area contributed by atoms with Crippen molar-refractivity contribution in [3.05, 3.63) is 50.1 Å². The van der Waals surface area contributed by atoms with Crippen LogP contribution in [0, 0.1) is 0 Å². The monoisotopic (exact) mass is 364 g/mol. The first-order valence-corrected chi connectivity index (χ1v) is 8.32. The maximum Gasteiger partial charge on any atom is 0.210 e. The summed E-state index contributed by atoms with van der Waals surface area (Å²) in [6.07, 6.45) is 2.40. The summed E-state index contributed by atoms with van der Waals surface area (Å²) in [6.45, 7) is 0.0136. The topological polar surface area (TPSA) is 43.4 Å². The number of halogens is 1.